The summed E-state index contributed by atoms with van der Waals surface area (Å²) in [5.41, 5.74) is 0. The minimum atomic E-state index is -0.839. The molecule has 0 aromatic carbocycles. The van der Waals surface area contributed by atoms with E-state index in [1.54, 1.807) is 6.08 Å². The van der Waals surface area contributed by atoms with E-state index in [9.17, 15) is 15.0 Å². The van der Waals surface area contributed by atoms with E-state index < -0.39 is 12.1 Å². The lowest BCUT2D eigenvalue weighted by molar-refractivity contribution is -0.123. The maximum Gasteiger partial charge on any atom is 0.220 e. The zero-order chi connectivity index (χ0) is 40.7. The van der Waals surface area contributed by atoms with Crippen molar-refractivity contribution in [3.05, 3.63) is 24.3 Å². The van der Waals surface area contributed by atoms with Crippen LogP contribution in [0.3, 0.4) is 0 Å². The van der Waals surface area contributed by atoms with Gasteiger partial charge in [0, 0.05) is 6.42 Å². The van der Waals surface area contributed by atoms with Crippen LogP contribution >= 0.6 is 0 Å². The molecule has 0 aliphatic heterocycles. The fraction of sp³-hybridized carbons (Fsp3) is 0.904. The van der Waals surface area contributed by atoms with Crippen molar-refractivity contribution in [2.24, 2.45) is 0 Å². The molecular weight excluding hydrogens is 687 g/mol. The van der Waals surface area contributed by atoms with Crippen molar-refractivity contribution in [3.8, 4) is 0 Å². The molecule has 0 radical (unpaired) electrons. The number of amides is 1. The molecule has 0 bridgehead atoms. The van der Waals surface area contributed by atoms with Gasteiger partial charge in [-0.3, -0.25) is 4.79 Å². The second-order valence-electron chi connectivity index (χ2n) is 17.6. The van der Waals surface area contributed by atoms with Gasteiger partial charge in [0.15, 0.2) is 0 Å². The molecule has 1 amide bonds. The molecule has 0 aromatic rings. The number of hydrogen-bond donors (Lipinski definition) is 3. The summed E-state index contributed by atoms with van der Waals surface area (Å²) >= 11 is 0. The standard InChI is InChI=1S/C52H101NO3/c1-3-5-7-9-11-13-15-17-19-21-22-23-24-25-26-27-28-29-30-32-33-35-37-39-41-43-45-47-51(55)50(49-54)53-52(56)48-46-44-42-40-38-36-34-31-20-18-16-14-12-10-8-6-4-2/h18,20,45,47,50-51,54-55H,3-17,19,21-44,46,48-49H2,1-2H3,(H,53,56)/b20-18-,47-45+. The van der Waals surface area contributed by atoms with Crippen LogP contribution in [0.5, 0.6) is 0 Å². The van der Waals surface area contributed by atoms with Gasteiger partial charge < -0.3 is 15.5 Å². The normalized spacial score (nSPS) is 13.0. The number of aliphatic hydroxyl groups is 2. The summed E-state index contributed by atoms with van der Waals surface area (Å²) < 4.78 is 0. The Balaban J connectivity index is 3.48. The highest BCUT2D eigenvalue weighted by molar-refractivity contribution is 5.76. The van der Waals surface area contributed by atoms with Gasteiger partial charge in [-0.2, -0.15) is 0 Å². The number of allylic oxidation sites excluding steroid dienone is 3. The Kier molecular flexibility index (Phi) is 47.3. The van der Waals surface area contributed by atoms with Crippen LogP contribution < -0.4 is 5.32 Å². The van der Waals surface area contributed by atoms with Crippen molar-refractivity contribution in [1.29, 1.82) is 0 Å². The largest absolute Gasteiger partial charge is 0.394 e. The third-order valence-corrected chi connectivity index (χ3v) is 11.9. The average Bonchev–Trinajstić information content (AvgIpc) is 3.20. The van der Waals surface area contributed by atoms with Gasteiger partial charge in [-0.1, -0.05) is 256 Å². The smallest absolute Gasteiger partial charge is 0.220 e. The Morgan fingerprint density at radius 2 is 0.679 bits per heavy atom. The second-order valence-corrected chi connectivity index (χ2v) is 17.6. The van der Waals surface area contributed by atoms with Crippen molar-refractivity contribution < 1.29 is 15.0 Å². The number of carbonyl (C=O) groups excluding carboxylic acids is 1. The molecular formula is C52H101NO3. The first-order valence-electron chi connectivity index (χ1n) is 25.6. The zero-order valence-corrected chi connectivity index (χ0v) is 38.2. The minimum absolute atomic E-state index is 0.0653. The van der Waals surface area contributed by atoms with E-state index in [4.69, 9.17) is 0 Å². The Labute approximate surface area is 351 Å². The molecule has 0 saturated heterocycles. The quantitative estimate of drug-likeness (QED) is 0.0425. The molecule has 2 atom stereocenters. The zero-order valence-electron chi connectivity index (χ0n) is 38.2. The SMILES string of the molecule is CCCCCCCC/C=C\CCCCCCCCCC(=O)NC(CO)C(O)/C=C/CCCCCCCCCCCCCCCCCCCCCCCCCCC. The number of aliphatic hydroxyl groups excluding tert-OH is 2. The highest BCUT2D eigenvalue weighted by atomic mass is 16.3. The molecule has 0 aromatic heterocycles. The highest BCUT2D eigenvalue weighted by Gasteiger charge is 2.18. The fourth-order valence-corrected chi connectivity index (χ4v) is 8.00. The van der Waals surface area contributed by atoms with Gasteiger partial charge in [0.05, 0.1) is 18.8 Å². The summed E-state index contributed by atoms with van der Waals surface area (Å²) in [4.78, 5) is 12.4. The summed E-state index contributed by atoms with van der Waals surface area (Å²) in [6.45, 7) is 4.33. The van der Waals surface area contributed by atoms with Crippen LogP contribution in [-0.2, 0) is 4.79 Å². The van der Waals surface area contributed by atoms with Crippen LogP contribution in [0, 0.1) is 0 Å². The Morgan fingerprint density at radius 1 is 0.411 bits per heavy atom. The summed E-state index contributed by atoms with van der Waals surface area (Å²) in [5, 5.41) is 23.1. The van der Waals surface area contributed by atoms with Crippen molar-refractivity contribution in [2.45, 2.75) is 296 Å². The molecule has 0 aliphatic rings. The van der Waals surface area contributed by atoms with Crippen LogP contribution in [0.1, 0.15) is 284 Å². The first kappa shape index (κ1) is 54.9. The van der Waals surface area contributed by atoms with Crippen molar-refractivity contribution >= 4 is 5.91 Å². The minimum Gasteiger partial charge on any atom is -0.394 e. The predicted molar refractivity (Wildman–Crippen MR) is 249 cm³/mol. The van der Waals surface area contributed by atoms with Gasteiger partial charge in [0.25, 0.3) is 0 Å². The van der Waals surface area contributed by atoms with E-state index in [-0.39, 0.29) is 12.5 Å². The van der Waals surface area contributed by atoms with E-state index in [2.05, 4.69) is 31.3 Å². The molecule has 4 nitrogen and oxygen atoms in total. The first-order valence-corrected chi connectivity index (χ1v) is 25.6. The molecule has 3 N–H and O–H groups in total. The van der Waals surface area contributed by atoms with E-state index in [0.717, 1.165) is 25.7 Å². The highest BCUT2D eigenvalue weighted by Crippen LogP contribution is 2.17. The van der Waals surface area contributed by atoms with E-state index in [1.165, 1.54) is 238 Å². The molecule has 332 valence electrons. The predicted octanol–water partition coefficient (Wildman–Crippen LogP) is 16.4. The van der Waals surface area contributed by atoms with Gasteiger partial charge in [-0.15, -0.1) is 0 Å². The summed E-state index contributed by atoms with van der Waals surface area (Å²) in [6, 6.07) is -0.623. The number of carbonyl (C=O) groups is 1. The Hall–Kier alpha value is -1.13. The molecule has 0 aliphatic carbocycles. The van der Waals surface area contributed by atoms with Gasteiger partial charge in [-0.05, 0) is 44.9 Å². The van der Waals surface area contributed by atoms with E-state index in [1.807, 2.05) is 6.08 Å². The molecule has 4 heteroatoms. The Bertz CT molecular complexity index is 810. The molecule has 2 unspecified atom stereocenters. The first-order chi connectivity index (χ1) is 27.7. The third-order valence-electron chi connectivity index (χ3n) is 11.9. The topological polar surface area (TPSA) is 69.6 Å². The lowest BCUT2D eigenvalue weighted by atomic mass is 10.0. The molecule has 0 heterocycles. The molecule has 56 heavy (non-hydrogen) atoms. The molecule has 0 saturated carbocycles. The van der Waals surface area contributed by atoms with Crippen LogP contribution in [0.25, 0.3) is 0 Å². The van der Waals surface area contributed by atoms with Crippen molar-refractivity contribution in [2.75, 3.05) is 6.61 Å². The lowest BCUT2D eigenvalue weighted by Gasteiger charge is -2.20. The average molecular weight is 788 g/mol. The summed E-state index contributed by atoms with van der Waals surface area (Å²) in [7, 11) is 0. The van der Waals surface area contributed by atoms with Crippen LogP contribution in [0.15, 0.2) is 24.3 Å². The summed E-state index contributed by atoms with van der Waals surface area (Å²) in [5.74, 6) is -0.0653. The maximum atomic E-state index is 12.4. The van der Waals surface area contributed by atoms with Gasteiger partial charge in [0.2, 0.25) is 5.91 Å². The van der Waals surface area contributed by atoms with E-state index >= 15 is 0 Å². The van der Waals surface area contributed by atoms with Crippen molar-refractivity contribution in [3.63, 3.8) is 0 Å². The number of nitrogens with one attached hydrogen (secondary N) is 1. The third kappa shape index (κ3) is 44.0. The van der Waals surface area contributed by atoms with Crippen LogP contribution in [0.4, 0.5) is 0 Å². The van der Waals surface area contributed by atoms with Crippen LogP contribution in [-0.4, -0.2) is 34.9 Å². The summed E-state index contributed by atoms with van der Waals surface area (Å²) in [6.07, 6.45) is 63.2. The van der Waals surface area contributed by atoms with E-state index in [0.29, 0.717) is 6.42 Å². The van der Waals surface area contributed by atoms with Gasteiger partial charge in [-0.25, -0.2) is 0 Å². The maximum absolute atomic E-state index is 12.4. The Morgan fingerprint density at radius 3 is 0.982 bits per heavy atom. The van der Waals surface area contributed by atoms with Crippen molar-refractivity contribution in [1.82, 2.24) is 5.32 Å². The molecule has 0 rings (SSSR count). The number of hydrogen-bond acceptors (Lipinski definition) is 3. The lowest BCUT2D eigenvalue weighted by Crippen LogP contribution is -2.45. The van der Waals surface area contributed by atoms with Gasteiger partial charge >= 0.3 is 0 Å². The monoisotopic (exact) mass is 788 g/mol. The molecule has 0 fully saturated rings. The molecule has 0 spiro atoms. The number of rotatable bonds is 47. The van der Waals surface area contributed by atoms with Gasteiger partial charge in [0.1, 0.15) is 0 Å². The number of unbranched alkanes of at least 4 members (excludes halogenated alkanes) is 38. The van der Waals surface area contributed by atoms with Crippen LogP contribution in [0.2, 0.25) is 0 Å². The second kappa shape index (κ2) is 48.2. The fourth-order valence-electron chi connectivity index (χ4n) is 8.00.